The predicted octanol–water partition coefficient (Wildman–Crippen LogP) is 3.95. The number of nitrogens with two attached hydrogens (primary N) is 1. The van der Waals surface area contributed by atoms with Crippen molar-refractivity contribution in [2.75, 3.05) is 39.5 Å². The monoisotopic (exact) mass is 522 g/mol. The quantitative estimate of drug-likeness (QED) is 0.363. The van der Waals surface area contributed by atoms with Gasteiger partial charge >= 0.3 is 0 Å². The van der Waals surface area contributed by atoms with Gasteiger partial charge in [0, 0.05) is 41.3 Å². The fourth-order valence-corrected chi connectivity index (χ4v) is 5.76. The number of aryl methyl sites for hydroxylation is 1. The molecule has 200 valence electrons. The van der Waals surface area contributed by atoms with Crippen molar-refractivity contribution in [3.63, 3.8) is 0 Å². The van der Waals surface area contributed by atoms with Crippen LogP contribution >= 0.6 is 0 Å². The lowest BCUT2D eigenvalue weighted by molar-refractivity contribution is -0.133. The average molecular weight is 523 g/mol. The van der Waals surface area contributed by atoms with E-state index in [4.69, 9.17) is 10.8 Å². The van der Waals surface area contributed by atoms with E-state index in [1.807, 2.05) is 34.5 Å². The molecular formula is C30H34N8O. The van der Waals surface area contributed by atoms with Crippen LogP contribution in [-0.2, 0) is 11.3 Å². The molecule has 5 aromatic rings. The molecule has 39 heavy (non-hydrogen) atoms. The third-order valence-electron chi connectivity index (χ3n) is 7.74. The van der Waals surface area contributed by atoms with E-state index in [1.165, 1.54) is 11.9 Å². The fourth-order valence-electron chi connectivity index (χ4n) is 5.76. The van der Waals surface area contributed by atoms with Gasteiger partial charge in [0.2, 0.25) is 5.91 Å². The van der Waals surface area contributed by atoms with Crippen LogP contribution in [0, 0.1) is 6.92 Å². The number of carbonyl (C=O) groups is 1. The first-order valence-corrected chi connectivity index (χ1v) is 13.4. The van der Waals surface area contributed by atoms with Gasteiger partial charge in [-0.2, -0.15) is 10.2 Å². The Balaban J connectivity index is 1.38. The van der Waals surface area contributed by atoms with Crippen molar-refractivity contribution in [2.45, 2.75) is 32.2 Å². The van der Waals surface area contributed by atoms with E-state index >= 15 is 0 Å². The molecule has 4 heterocycles. The number of likely N-dealkylation sites (tertiary alicyclic amines) is 1. The van der Waals surface area contributed by atoms with E-state index in [9.17, 15) is 4.79 Å². The number of benzene rings is 2. The summed E-state index contributed by atoms with van der Waals surface area (Å²) in [5.41, 5.74) is 13.6. The van der Waals surface area contributed by atoms with Gasteiger partial charge in [-0.1, -0.05) is 42.5 Å². The maximum Gasteiger partial charge on any atom is 0.236 e. The minimum absolute atomic E-state index is 0.159. The van der Waals surface area contributed by atoms with Crippen molar-refractivity contribution in [2.24, 2.45) is 0 Å². The number of hydrogen-bond acceptors (Lipinski definition) is 6. The lowest BCUT2D eigenvalue weighted by Gasteiger charge is -2.33. The maximum absolute atomic E-state index is 12.8. The second-order valence-corrected chi connectivity index (χ2v) is 10.8. The summed E-state index contributed by atoms with van der Waals surface area (Å²) in [4.78, 5) is 21.0. The number of nitrogen functional groups attached to an aromatic ring is 1. The highest BCUT2D eigenvalue weighted by Gasteiger charge is 2.29. The summed E-state index contributed by atoms with van der Waals surface area (Å²) in [6, 6.07) is 19.0. The number of aromatic nitrogens is 5. The Labute approximate surface area is 227 Å². The SMILES string of the molecule is Cc1c2ccc(-c3cc(C4CCCN(C(=O)CN(C)C)C4)n4ncnc(N)c34)cc2nn1Cc1ccccc1. The first-order chi connectivity index (χ1) is 18.9. The van der Waals surface area contributed by atoms with Gasteiger partial charge in [0.25, 0.3) is 0 Å². The highest BCUT2D eigenvalue weighted by atomic mass is 16.2. The van der Waals surface area contributed by atoms with Crippen molar-refractivity contribution in [1.82, 2.24) is 34.2 Å². The average Bonchev–Trinajstić information content (AvgIpc) is 3.47. The van der Waals surface area contributed by atoms with Gasteiger partial charge in [-0.3, -0.25) is 9.48 Å². The number of nitrogens with zero attached hydrogens (tertiary/aromatic N) is 7. The molecule has 1 fully saturated rings. The Morgan fingerprint density at radius 2 is 1.95 bits per heavy atom. The second-order valence-electron chi connectivity index (χ2n) is 10.8. The Morgan fingerprint density at radius 1 is 1.13 bits per heavy atom. The Morgan fingerprint density at radius 3 is 2.74 bits per heavy atom. The molecule has 0 spiro atoms. The van der Waals surface area contributed by atoms with Crippen LogP contribution in [0.5, 0.6) is 0 Å². The molecule has 0 radical (unpaired) electrons. The molecule has 6 rings (SSSR count). The van der Waals surface area contributed by atoms with E-state index in [2.05, 4.69) is 70.2 Å². The summed E-state index contributed by atoms with van der Waals surface area (Å²) in [6.45, 7) is 4.71. The molecule has 0 bridgehead atoms. The van der Waals surface area contributed by atoms with Crippen LogP contribution in [0.25, 0.3) is 27.5 Å². The number of anilines is 1. The zero-order chi connectivity index (χ0) is 27.1. The van der Waals surface area contributed by atoms with E-state index in [1.54, 1.807) is 0 Å². The molecule has 0 aliphatic carbocycles. The summed E-state index contributed by atoms with van der Waals surface area (Å²) in [5.74, 6) is 0.761. The standard InChI is InChI=1S/C30H34N8O/c1-20-24-12-11-22(14-26(24)34-37(20)16-21-8-5-4-6-9-21)25-15-27(38-29(25)30(31)32-19-33-38)23-10-7-13-36(17-23)28(39)18-35(2)3/h4-6,8-9,11-12,14-15,19,23H,7,10,13,16-18H2,1-3H3,(H2,31,32,33). The summed E-state index contributed by atoms with van der Waals surface area (Å²) >= 11 is 0. The number of fused-ring (bicyclic) bond motifs is 2. The molecule has 9 heteroatoms. The first kappa shape index (κ1) is 25.1. The normalized spacial score (nSPS) is 16.0. The van der Waals surface area contributed by atoms with Gasteiger partial charge in [-0.25, -0.2) is 9.50 Å². The van der Waals surface area contributed by atoms with Gasteiger partial charge in [0.05, 0.1) is 18.6 Å². The lowest BCUT2D eigenvalue weighted by atomic mass is 9.94. The summed E-state index contributed by atoms with van der Waals surface area (Å²) in [7, 11) is 3.85. The van der Waals surface area contributed by atoms with E-state index < -0.39 is 0 Å². The maximum atomic E-state index is 12.8. The highest BCUT2D eigenvalue weighted by Crippen LogP contribution is 2.37. The zero-order valence-corrected chi connectivity index (χ0v) is 22.7. The molecule has 3 aromatic heterocycles. The Hall–Kier alpha value is -4.24. The van der Waals surface area contributed by atoms with E-state index in [0.717, 1.165) is 64.9 Å². The molecule has 1 unspecified atom stereocenters. The zero-order valence-electron chi connectivity index (χ0n) is 22.7. The fraction of sp³-hybridized carbons (Fsp3) is 0.333. The summed E-state index contributed by atoms with van der Waals surface area (Å²) in [5, 5.41) is 10.7. The van der Waals surface area contributed by atoms with Crippen molar-refractivity contribution in [3.05, 3.63) is 77.9 Å². The molecule has 2 N–H and O–H groups in total. The van der Waals surface area contributed by atoms with Crippen LogP contribution in [0.15, 0.2) is 60.9 Å². The molecule has 1 aliphatic rings. The highest BCUT2D eigenvalue weighted by molar-refractivity contribution is 5.93. The number of rotatable bonds is 6. The number of likely N-dealkylation sites (N-methyl/N-ethyl adjacent to an activating group) is 1. The van der Waals surface area contributed by atoms with Crippen molar-refractivity contribution in [3.8, 4) is 11.1 Å². The van der Waals surface area contributed by atoms with Crippen LogP contribution in [0.1, 0.15) is 35.7 Å². The number of piperidine rings is 1. The van der Waals surface area contributed by atoms with Gasteiger partial charge in [-0.15, -0.1) is 0 Å². The Bertz CT molecular complexity index is 1650. The summed E-state index contributed by atoms with van der Waals surface area (Å²) in [6.07, 6.45) is 3.45. The van der Waals surface area contributed by atoms with Crippen molar-refractivity contribution < 1.29 is 4.79 Å². The van der Waals surface area contributed by atoms with Crippen LogP contribution in [-0.4, -0.2) is 73.8 Å². The molecule has 1 atom stereocenters. The number of carbonyl (C=O) groups excluding carboxylic acids is 1. The third-order valence-corrected chi connectivity index (χ3v) is 7.74. The molecule has 1 aliphatic heterocycles. The lowest BCUT2D eigenvalue weighted by Crippen LogP contribution is -2.43. The molecule has 2 aromatic carbocycles. The third kappa shape index (κ3) is 4.74. The topological polar surface area (TPSA) is 97.6 Å². The number of hydrogen-bond donors (Lipinski definition) is 1. The smallest absolute Gasteiger partial charge is 0.236 e. The van der Waals surface area contributed by atoms with Gasteiger partial charge in [0.1, 0.15) is 11.8 Å². The molecule has 1 saturated heterocycles. The van der Waals surface area contributed by atoms with Crippen LogP contribution in [0.3, 0.4) is 0 Å². The number of amides is 1. The van der Waals surface area contributed by atoms with E-state index in [0.29, 0.717) is 18.9 Å². The molecular weight excluding hydrogens is 488 g/mol. The predicted molar refractivity (Wildman–Crippen MR) is 154 cm³/mol. The van der Waals surface area contributed by atoms with Gasteiger partial charge in [0.15, 0.2) is 5.82 Å². The Kier molecular flexibility index (Phi) is 6.52. The minimum atomic E-state index is 0.159. The summed E-state index contributed by atoms with van der Waals surface area (Å²) < 4.78 is 3.98. The largest absolute Gasteiger partial charge is 0.382 e. The van der Waals surface area contributed by atoms with E-state index in [-0.39, 0.29) is 11.8 Å². The van der Waals surface area contributed by atoms with Gasteiger partial charge in [-0.05, 0) is 57.1 Å². The van der Waals surface area contributed by atoms with Crippen molar-refractivity contribution >= 4 is 28.1 Å². The van der Waals surface area contributed by atoms with Crippen LogP contribution in [0.4, 0.5) is 5.82 Å². The molecule has 1 amide bonds. The first-order valence-electron chi connectivity index (χ1n) is 13.4. The van der Waals surface area contributed by atoms with Crippen LogP contribution < -0.4 is 5.73 Å². The van der Waals surface area contributed by atoms with Gasteiger partial charge < -0.3 is 15.5 Å². The van der Waals surface area contributed by atoms with Crippen LogP contribution in [0.2, 0.25) is 0 Å². The second kappa shape index (κ2) is 10.1. The molecule has 9 nitrogen and oxygen atoms in total. The molecule has 0 saturated carbocycles. The minimum Gasteiger partial charge on any atom is -0.382 e. The van der Waals surface area contributed by atoms with Crippen molar-refractivity contribution in [1.29, 1.82) is 0 Å².